The third-order valence-electron chi connectivity index (χ3n) is 2.17. The van der Waals surface area contributed by atoms with Crippen molar-refractivity contribution in [2.45, 2.75) is 37.1 Å². The Labute approximate surface area is 87.3 Å². The summed E-state index contributed by atoms with van der Waals surface area (Å²) in [4.78, 5) is 11.3. The zero-order valence-corrected chi connectivity index (χ0v) is 9.47. The third kappa shape index (κ3) is 3.65. The van der Waals surface area contributed by atoms with E-state index in [4.69, 9.17) is 4.74 Å². The molecule has 0 aromatic heterocycles. The molecule has 1 aliphatic heterocycles. The van der Waals surface area contributed by atoms with Crippen LogP contribution in [0.5, 0.6) is 0 Å². The lowest BCUT2D eigenvalue weighted by atomic mass is 10.2. The van der Waals surface area contributed by atoms with Crippen LogP contribution in [0.1, 0.15) is 26.2 Å². The van der Waals surface area contributed by atoms with Crippen molar-refractivity contribution in [3.05, 3.63) is 0 Å². The number of nitrogens with one attached hydrogen (secondary N) is 1. The molecule has 1 amide bonds. The molecule has 1 aliphatic rings. The van der Waals surface area contributed by atoms with Gasteiger partial charge in [0.15, 0.2) is 0 Å². The van der Waals surface area contributed by atoms with Crippen LogP contribution in [0.25, 0.3) is 0 Å². The molecule has 0 spiro atoms. The second-order valence-corrected chi connectivity index (χ2v) is 4.36. The number of rotatable bonds is 4. The summed E-state index contributed by atoms with van der Waals surface area (Å²) >= 11 is 3.30. The molecule has 0 bridgehead atoms. The van der Waals surface area contributed by atoms with Crippen molar-refractivity contribution in [3.8, 4) is 0 Å². The van der Waals surface area contributed by atoms with Crippen LogP contribution in [0.3, 0.4) is 0 Å². The highest BCUT2D eigenvalue weighted by atomic mass is 79.9. The van der Waals surface area contributed by atoms with E-state index in [1.807, 2.05) is 6.92 Å². The van der Waals surface area contributed by atoms with E-state index in [9.17, 15) is 4.79 Å². The standard InChI is InChI=1S/C9H16BrNO2/c1-2-8(10)9(12)11-6-7-4-3-5-13-7/h7-8H,2-6H2,1H3,(H,11,12)/t7-,8+/m0/s1. The molecule has 1 rings (SSSR count). The Kier molecular flexibility index (Phi) is 4.73. The molecule has 76 valence electrons. The maximum Gasteiger partial charge on any atom is 0.233 e. The van der Waals surface area contributed by atoms with Gasteiger partial charge in [0.25, 0.3) is 0 Å². The highest BCUT2D eigenvalue weighted by Gasteiger charge is 2.18. The average molecular weight is 250 g/mol. The summed E-state index contributed by atoms with van der Waals surface area (Å²) in [7, 11) is 0. The Morgan fingerprint density at radius 3 is 3.08 bits per heavy atom. The summed E-state index contributed by atoms with van der Waals surface area (Å²) < 4.78 is 5.39. The largest absolute Gasteiger partial charge is 0.376 e. The van der Waals surface area contributed by atoms with E-state index in [-0.39, 0.29) is 16.8 Å². The maximum absolute atomic E-state index is 11.3. The second kappa shape index (κ2) is 5.60. The van der Waals surface area contributed by atoms with Crippen LogP contribution in [0.4, 0.5) is 0 Å². The topological polar surface area (TPSA) is 38.3 Å². The first-order valence-corrected chi connectivity index (χ1v) is 5.69. The number of carbonyl (C=O) groups excluding carboxylic acids is 1. The molecule has 1 fully saturated rings. The second-order valence-electron chi connectivity index (χ2n) is 3.26. The van der Waals surface area contributed by atoms with Gasteiger partial charge in [-0.15, -0.1) is 0 Å². The van der Waals surface area contributed by atoms with Crippen LogP contribution in [-0.2, 0) is 9.53 Å². The van der Waals surface area contributed by atoms with E-state index < -0.39 is 0 Å². The van der Waals surface area contributed by atoms with Gasteiger partial charge in [0, 0.05) is 13.2 Å². The number of hydrogen-bond donors (Lipinski definition) is 1. The number of amides is 1. The van der Waals surface area contributed by atoms with Gasteiger partial charge < -0.3 is 10.1 Å². The SMILES string of the molecule is CC[C@@H](Br)C(=O)NC[C@@H]1CCCO1. The molecular weight excluding hydrogens is 234 g/mol. The van der Waals surface area contributed by atoms with E-state index >= 15 is 0 Å². The van der Waals surface area contributed by atoms with E-state index in [1.165, 1.54) is 0 Å². The fourth-order valence-corrected chi connectivity index (χ4v) is 1.48. The maximum atomic E-state index is 11.3. The molecule has 0 unspecified atom stereocenters. The molecule has 1 heterocycles. The van der Waals surface area contributed by atoms with Gasteiger partial charge in [-0.2, -0.15) is 0 Å². The van der Waals surface area contributed by atoms with Gasteiger partial charge >= 0.3 is 0 Å². The molecule has 1 saturated heterocycles. The van der Waals surface area contributed by atoms with Crippen molar-refractivity contribution < 1.29 is 9.53 Å². The summed E-state index contributed by atoms with van der Waals surface area (Å²) in [5.74, 6) is 0.0676. The van der Waals surface area contributed by atoms with Gasteiger partial charge in [-0.05, 0) is 19.3 Å². The Morgan fingerprint density at radius 1 is 1.77 bits per heavy atom. The Balaban J connectivity index is 2.13. The van der Waals surface area contributed by atoms with Gasteiger partial charge in [0.2, 0.25) is 5.91 Å². The first-order valence-electron chi connectivity index (χ1n) is 4.77. The number of alkyl halides is 1. The number of halogens is 1. The molecule has 13 heavy (non-hydrogen) atoms. The number of carbonyl (C=O) groups is 1. The molecule has 4 heteroatoms. The predicted octanol–water partition coefficient (Wildman–Crippen LogP) is 1.46. The molecule has 0 radical (unpaired) electrons. The van der Waals surface area contributed by atoms with E-state index in [0.29, 0.717) is 6.54 Å². The Bertz CT molecular complexity index is 169. The van der Waals surface area contributed by atoms with Crippen LogP contribution in [0, 0.1) is 0 Å². The molecule has 0 saturated carbocycles. The van der Waals surface area contributed by atoms with Crippen molar-refractivity contribution in [1.29, 1.82) is 0 Å². The zero-order chi connectivity index (χ0) is 9.68. The van der Waals surface area contributed by atoms with Crippen molar-refractivity contribution >= 4 is 21.8 Å². The van der Waals surface area contributed by atoms with Crippen LogP contribution in [-0.4, -0.2) is 30.0 Å². The lowest BCUT2D eigenvalue weighted by Crippen LogP contribution is -2.36. The van der Waals surface area contributed by atoms with Crippen LogP contribution in [0.2, 0.25) is 0 Å². The highest BCUT2D eigenvalue weighted by molar-refractivity contribution is 9.10. The van der Waals surface area contributed by atoms with Crippen molar-refractivity contribution in [2.24, 2.45) is 0 Å². The molecule has 3 nitrogen and oxygen atoms in total. The monoisotopic (exact) mass is 249 g/mol. The van der Waals surface area contributed by atoms with E-state index in [1.54, 1.807) is 0 Å². The van der Waals surface area contributed by atoms with Crippen molar-refractivity contribution in [2.75, 3.05) is 13.2 Å². The van der Waals surface area contributed by atoms with Gasteiger partial charge in [0.1, 0.15) is 0 Å². The van der Waals surface area contributed by atoms with Gasteiger partial charge in [-0.1, -0.05) is 22.9 Å². The van der Waals surface area contributed by atoms with Crippen LogP contribution >= 0.6 is 15.9 Å². The Hall–Kier alpha value is -0.0900. The summed E-state index contributed by atoms with van der Waals surface area (Å²) in [6.45, 7) is 3.47. The summed E-state index contributed by atoms with van der Waals surface area (Å²) in [6, 6.07) is 0. The quantitative estimate of drug-likeness (QED) is 0.767. The normalized spacial score (nSPS) is 24.3. The van der Waals surface area contributed by atoms with Gasteiger partial charge in [-0.25, -0.2) is 0 Å². The summed E-state index contributed by atoms with van der Waals surface area (Å²) in [6.07, 6.45) is 3.24. The predicted molar refractivity (Wildman–Crippen MR) is 55.0 cm³/mol. The van der Waals surface area contributed by atoms with Crippen molar-refractivity contribution in [1.82, 2.24) is 5.32 Å². The minimum Gasteiger partial charge on any atom is -0.376 e. The van der Waals surface area contributed by atoms with Crippen molar-refractivity contribution in [3.63, 3.8) is 0 Å². The van der Waals surface area contributed by atoms with E-state index in [0.717, 1.165) is 25.9 Å². The Morgan fingerprint density at radius 2 is 2.54 bits per heavy atom. The lowest BCUT2D eigenvalue weighted by molar-refractivity contribution is -0.121. The van der Waals surface area contributed by atoms with Gasteiger partial charge in [-0.3, -0.25) is 4.79 Å². The van der Waals surface area contributed by atoms with Crippen LogP contribution in [0.15, 0.2) is 0 Å². The molecule has 0 aromatic carbocycles. The first kappa shape index (κ1) is 11.0. The van der Waals surface area contributed by atoms with Crippen LogP contribution < -0.4 is 5.32 Å². The van der Waals surface area contributed by atoms with E-state index in [2.05, 4.69) is 21.2 Å². The fraction of sp³-hybridized carbons (Fsp3) is 0.889. The number of ether oxygens (including phenoxy) is 1. The van der Waals surface area contributed by atoms with Gasteiger partial charge in [0.05, 0.1) is 10.9 Å². The number of hydrogen-bond acceptors (Lipinski definition) is 2. The zero-order valence-electron chi connectivity index (χ0n) is 7.88. The smallest absolute Gasteiger partial charge is 0.233 e. The lowest BCUT2D eigenvalue weighted by Gasteiger charge is -2.12. The molecule has 0 aromatic rings. The summed E-state index contributed by atoms with van der Waals surface area (Å²) in [5.41, 5.74) is 0. The minimum atomic E-state index is -0.0612. The average Bonchev–Trinajstić information content (AvgIpc) is 2.65. The summed E-state index contributed by atoms with van der Waals surface area (Å²) in [5, 5.41) is 2.86. The fourth-order valence-electron chi connectivity index (χ4n) is 1.32. The minimum absolute atomic E-state index is 0.0612. The third-order valence-corrected chi connectivity index (χ3v) is 3.23. The highest BCUT2D eigenvalue weighted by Crippen LogP contribution is 2.11. The molecular formula is C9H16BrNO2. The molecule has 2 atom stereocenters. The first-order chi connectivity index (χ1) is 6.24. The molecule has 1 N–H and O–H groups in total. The molecule has 0 aliphatic carbocycles.